The third kappa shape index (κ3) is 5.64. The average molecular weight is 299 g/mol. The average Bonchev–Trinajstić information content (AvgIpc) is 2.50. The number of carbonyl (C=O) groups excluding carboxylic acids is 1. The van der Waals surface area contributed by atoms with Crippen LogP contribution in [0.2, 0.25) is 0 Å². The Morgan fingerprint density at radius 3 is 2.52 bits per heavy atom. The number of nitrogens with one attached hydrogen (secondary N) is 1. The van der Waals surface area contributed by atoms with Crippen molar-refractivity contribution in [1.29, 1.82) is 0 Å². The van der Waals surface area contributed by atoms with Gasteiger partial charge in [0.15, 0.2) is 0 Å². The molecular weight excluding hydrogens is 278 g/mol. The smallest absolute Gasteiger partial charge is 0.234 e. The van der Waals surface area contributed by atoms with E-state index in [9.17, 15) is 4.79 Å². The number of benzene rings is 2. The third-order valence-electron chi connectivity index (χ3n) is 3.25. The van der Waals surface area contributed by atoms with E-state index >= 15 is 0 Å². The summed E-state index contributed by atoms with van der Waals surface area (Å²) in [6.07, 6.45) is 2.18. The van der Waals surface area contributed by atoms with Gasteiger partial charge in [-0.05, 0) is 42.7 Å². The van der Waals surface area contributed by atoms with Gasteiger partial charge in [0.05, 0.1) is 5.75 Å². The summed E-state index contributed by atoms with van der Waals surface area (Å²) >= 11 is 1.69. The Hall–Kier alpha value is -1.74. The molecule has 0 atom stereocenters. The molecule has 1 amide bonds. The molecule has 0 radical (unpaired) electrons. The van der Waals surface area contributed by atoms with Crippen molar-refractivity contribution in [2.75, 3.05) is 16.8 Å². The Morgan fingerprint density at radius 1 is 1.05 bits per heavy atom. The molecule has 110 valence electrons. The first-order chi connectivity index (χ1) is 10.3. The van der Waals surface area contributed by atoms with Crippen molar-refractivity contribution in [3.63, 3.8) is 0 Å². The summed E-state index contributed by atoms with van der Waals surface area (Å²) < 4.78 is 0. The first-order valence-corrected chi connectivity index (χ1v) is 8.38. The Kier molecular flexibility index (Phi) is 6.35. The van der Waals surface area contributed by atoms with Gasteiger partial charge in [0, 0.05) is 5.69 Å². The predicted molar refractivity (Wildman–Crippen MR) is 91.9 cm³/mol. The molecule has 2 aromatic rings. The van der Waals surface area contributed by atoms with E-state index in [1.807, 2.05) is 37.3 Å². The topological polar surface area (TPSA) is 29.1 Å². The Bertz CT molecular complexity index is 568. The highest BCUT2D eigenvalue weighted by molar-refractivity contribution is 7.99. The van der Waals surface area contributed by atoms with Crippen LogP contribution in [0.25, 0.3) is 0 Å². The van der Waals surface area contributed by atoms with Crippen molar-refractivity contribution in [2.45, 2.75) is 19.8 Å². The molecule has 0 aliphatic heterocycles. The van der Waals surface area contributed by atoms with E-state index in [0.717, 1.165) is 29.8 Å². The number of hydrogen-bond donors (Lipinski definition) is 1. The van der Waals surface area contributed by atoms with Crippen LogP contribution in [0.15, 0.2) is 54.6 Å². The fraction of sp³-hybridized carbons (Fsp3) is 0.278. The summed E-state index contributed by atoms with van der Waals surface area (Å²) in [5, 5.41) is 2.96. The van der Waals surface area contributed by atoms with Gasteiger partial charge in [0.1, 0.15) is 0 Å². The molecule has 3 heteroatoms. The first-order valence-electron chi connectivity index (χ1n) is 7.23. The maximum absolute atomic E-state index is 11.9. The lowest BCUT2D eigenvalue weighted by Crippen LogP contribution is -2.15. The number of hydrogen-bond acceptors (Lipinski definition) is 2. The van der Waals surface area contributed by atoms with Gasteiger partial charge in [-0.15, -0.1) is 0 Å². The van der Waals surface area contributed by atoms with E-state index in [1.54, 1.807) is 11.8 Å². The van der Waals surface area contributed by atoms with Crippen LogP contribution in [-0.2, 0) is 11.2 Å². The van der Waals surface area contributed by atoms with E-state index in [1.165, 1.54) is 5.56 Å². The van der Waals surface area contributed by atoms with Gasteiger partial charge in [0.2, 0.25) is 5.91 Å². The molecule has 0 aliphatic carbocycles. The largest absolute Gasteiger partial charge is 0.325 e. The van der Waals surface area contributed by atoms with E-state index < -0.39 is 0 Å². The molecule has 0 aliphatic rings. The maximum Gasteiger partial charge on any atom is 0.234 e. The third-order valence-corrected chi connectivity index (χ3v) is 4.29. The summed E-state index contributed by atoms with van der Waals surface area (Å²) in [6, 6.07) is 18.3. The van der Waals surface area contributed by atoms with Crippen LogP contribution >= 0.6 is 11.8 Å². The summed E-state index contributed by atoms with van der Waals surface area (Å²) in [6.45, 7) is 2.00. The molecule has 0 unspecified atom stereocenters. The molecule has 0 saturated carbocycles. The standard InChI is InChI=1S/C18H21NOS/c1-15-8-5-6-12-17(15)19-18(20)14-21-13-7-11-16-9-3-2-4-10-16/h2-6,8-10,12H,7,11,13-14H2,1H3,(H,19,20). The number of para-hydroxylation sites is 1. The van der Waals surface area contributed by atoms with Crippen LogP contribution in [0, 0.1) is 6.92 Å². The highest BCUT2D eigenvalue weighted by Gasteiger charge is 2.04. The second-order valence-electron chi connectivity index (χ2n) is 5.00. The van der Waals surface area contributed by atoms with Crippen LogP contribution in [0.5, 0.6) is 0 Å². The summed E-state index contributed by atoms with van der Waals surface area (Å²) in [5.41, 5.74) is 3.37. The minimum atomic E-state index is 0.0778. The molecule has 0 spiro atoms. The molecule has 0 aromatic heterocycles. The molecule has 2 aromatic carbocycles. The molecular formula is C18H21NOS. The molecule has 21 heavy (non-hydrogen) atoms. The van der Waals surface area contributed by atoms with E-state index in [0.29, 0.717) is 5.75 Å². The molecule has 1 N–H and O–H groups in total. The zero-order valence-electron chi connectivity index (χ0n) is 12.3. The number of rotatable bonds is 7. The van der Waals surface area contributed by atoms with Crippen molar-refractivity contribution in [3.05, 3.63) is 65.7 Å². The summed E-state index contributed by atoms with van der Waals surface area (Å²) in [4.78, 5) is 11.9. The second kappa shape index (κ2) is 8.53. The lowest BCUT2D eigenvalue weighted by atomic mass is 10.1. The zero-order chi connectivity index (χ0) is 14.9. The van der Waals surface area contributed by atoms with Crippen LogP contribution in [-0.4, -0.2) is 17.4 Å². The minimum Gasteiger partial charge on any atom is -0.325 e. The lowest BCUT2D eigenvalue weighted by Gasteiger charge is -2.07. The molecule has 0 fully saturated rings. The number of aryl methyl sites for hydroxylation is 2. The molecule has 0 heterocycles. The van der Waals surface area contributed by atoms with Gasteiger partial charge in [-0.2, -0.15) is 11.8 Å². The SMILES string of the molecule is Cc1ccccc1NC(=O)CSCCCc1ccccc1. The van der Waals surface area contributed by atoms with Crippen LogP contribution in [0.3, 0.4) is 0 Å². The van der Waals surface area contributed by atoms with Crippen LogP contribution in [0.4, 0.5) is 5.69 Å². The number of anilines is 1. The molecule has 2 nitrogen and oxygen atoms in total. The van der Waals surface area contributed by atoms with Crippen molar-refractivity contribution in [3.8, 4) is 0 Å². The second-order valence-corrected chi connectivity index (χ2v) is 6.11. The van der Waals surface area contributed by atoms with Gasteiger partial charge in [-0.25, -0.2) is 0 Å². The fourth-order valence-electron chi connectivity index (χ4n) is 2.09. The number of thioether (sulfide) groups is 1. The quantitative estimate of drug-likeness (QED) is 0.772. The molecule has 0 bridgehead atoms. The Morgan fingerprint density at radius 2 is 1.76 bits per heavy atom. The van der Waals surface area contributed by atoms with Gasteiger partial charge < -0.3 is 5.32 Å². The lowest BCUT2D eigenvalue weighted by molar-refractivity contribution is -0.113. The Balaban J connectivity index is 1.63. The van der Waals surface area contributed by atoms with Gasteiger partial charge >= 0.3 is 0 Å². The van der Waals surface area contributed by atoms with Gasteiger partial charge in [0.25, 0.3) is 0 Å². The van der Waals surface area contributed by atoms with Crippen molar-refractivity contribution < 1.29 is 4.79 Å². The maximum atomic E-state index is 11.9. The van der Waals surface area contributed by atoms with Crippen LogP contribution in [0.1, 0.15) is 17.5 Å². The number of carbonyl (C=O) groups is 1. The summed E-state index contributed by atoms with van der Waals surface area (Å²) in [5.74, 6) is 1.60. The monoisotopic (exact) mass is 299 g/mol. The predicted octanol–water partition coefficient (Wildman–Crippen LogP) is 4.30. The molecule has 0 saturated heterocycles. The zero-order valence-corrected chi connectivity index (χ0v) is 13.2. The number of amides is 1. The highest BCUT2D eigenvalue weighted by Crippen LogP contribution is 2.14. The van der Waals surface area contributed by atoms with Crippen molar-refractivity contribution >= 4 is 23.4 Å². The van der Waals surface area contributed by atoms with Crippen LogP contribution < -0.4 is 5.32 Å². The molecule has 2 rings (SSSR count). The first kappa shape index (κ1) is 15.6. The fourth-order valence-corrected chi connectivity index (χ4v) is 2.84. The van der Waals surface area contributed by atoms with E-state index in [-0.39, 0.29) is 5.91 Å². The van der Waals surface area contributed by atoms with Gasteiger partial charge in [-0.3, -0.25) is 4.79 Å². The summed E-state index contributed by atoms with van der Waals surface area (Å²) in [7, 11) is 0. The van der Waals surface area contributed by atoms with Crippen molar-refractivity contribution in [2.24, 2.45) is 0 Å². The van der Waals surface area contributed by atoms with Gasteiger partial charge in [-0.1, -0.05) is 48.5 Å². The highest BCUT2D eigenvalue weighted by atomic mass is 32.2. The normalized spacial score (nSPS) is 10.3. The van der Waals surface area contributed by atoms with Crippen molar-refractivity contribution in [1.82, 2.24) is 0 Å². The Labute approximate surface area is 131 Å². The van der Waals surface area contributed by atoms with E-state index in [2.05, 4.69) is 29.6 Å². The van der Waals surface area contributed by atoms with E-state index in [4.69, 9.17) is 0 Å². The minimum absolute atomic E-state index is 0.0778.